The molecule has 0 fully saturated rings. The van der Waals surface area contributed by atoms with Crippen LogP contribution in [0.5, 0.6) is 0 Å². The zero-order valence-corrected chi connectivity index (χ0v) is 11.4. The highest BCUT2D eigenvalue weighted by atomic mass is 32.2. The van der Waals surface area contributed by atoms with Gasteiger partial charge in [0.15, 0.2) is 0 Å². The smallest absolute Gasteiger partial charge is 0.306 e. The number of hydrogen-bond donors (Lipinski definition) is 1. The number of carbonyl (C=O) groups is 1. The fraction of sp³-hybridized carbons (Fsp3) is 0.308. The summed E-state index contributed by atoms with van der Waals surface area (Å²) in [6, 6.07) is 10.1. The molecule has 0 unspecified atom stereocenters. The van der Waals surface area contributed by atoms with Crippen LogP contribution in [0.3, 0.4) is 0 Å². The van der Waals surface area contributed by atoms with Gasteiger partial charge in [0.2, 0.25) is 5.16 Å². The monoisotopic (exact) mass is 277 g/mol. The number of nitrogens with zero attached hydrogens (tertiary/aromatic N) is 2. The maximum atomic E-state index is 11.0. The number of methoxy groups -OCH3 is 1. The molecule has 0 saturated carbocycles. The van der Waals surface area contributed by atoms with Crippen LogP contribution in [0.15, 0.2) is 35.5 Å². The van der Waals surface area contributed by atoms with Gasteiger partial charge in [0.05, 0.1) is 13.5 Å². The number of hydrogen-bond acceptors (Lipinski definition) is 5. The van der Waals surface area contributed by atoms with E-state index >= 15 is 0 Å². The Bertz CT molecular complexity index is 528. The van der Waals surface area contributed by atoms with Crippen molar-refractivity contribution in [1.29, 1.82) is 0 Å². The maximum absolute atomic E-state index is 11.0. The Labute approximate surface area is 115 Å². The first-order valence-corrected chi connectivity index (χ1v) is 6.91. The van der Waals surface area contributed by atoms with E-state index in [-0.39, 0.29) is 5.97 Å². The first-order chi connectivity index (χ1) is 9.28. The molecule has 100 valence electrons. The maximum Gasteiger partial charge on any atom is 0.306 e. The summed E-state index contributed by atoms with van der Waals surface area (Å²) in [5.41, 5.74) is 1.18. The molecular weight excluding hydrogens is 262 g/mol. The number of aromatic nitrogens is 3. The number of carbonyl (C=O) groups excluding carboxylic acids is 1. The second-order valence-electron chi connectivity index (χ2n) is 3.90. The molecule has 2 rings (SSSR count). The lowest BCUT2D eigenvalue weighted by molar-refractivity contribution is -0.140. The van der Waals surface area contributed by atoms with Crippen LogP contribution in [0, 0.1) is 0 Å². The zero-order valence-electron chi connectivity index (χ0n) is 10.6. The summed E-state index contributed by atoms with van der Waals surface area (Å²) in [7, 11) is 1.39. The lowest BCUT2D eigenvalue weighted by Gasteiger charge is -1.96. The molecule has 1 aromatic carbocycles. The van der Waals surface area contributed by atoms with Crippen LogP contribution in [0.1, 0.15) is 17.8 Å². The van der Waals surface area contributed by atoms with E-state index in [0.717, 1.165) is 12.2 Å². The van der Waals surface area contributed by atoms with Gasteiger partial charge in [0.1, 0.15) is 5.82 Å². The standard InChI is InChI=1S/C13H15N3O2S/c1-18-12(17)7-8-19-13-14-11(15-16-13)9-10-5-3-2-4-6-10/h2-6H,7-9H2,1H3,(H,14,15,16). The van der Waals surface area contributed by atoms with Crippen molar-refractivity contribution in [3.8, 4) is 0 Å². The van der Waals surface area contributed by atoms with Crippen LogP contribution < -0.4 is 0 Å². The molecular formula is C13H15N3O2S. The topological polar surface area (TPSA) is 67.9 Å². The van der Waals surface area contributed by atoms with Crippen LogP contribution in [-0.2, 0) is 16.0 Å². The van der Waals surface area contributed by atoms with Crippen molar-refractivity contribution in [3.05, 3.63) is 41.7 Å². The van der Waals surface area contributed by atoms with Gasteiger partial charge in [-0.3, -0.25) is 9.89 Å². The number of nitrogens with one attached hydrogen (secondary N) is 1. The summed E-state index contributed by atoms with van der Waals surface area (Å²) >= 11 is 1.44. The molecule has 6 heteroatoms. The van der Waals surface area contributed by atoms with Gasteiger partial charge in [-0.05, 0) is 5.56 Å². The summed E-state index contributed by atoms with van der Waals surface area (Å²) in [6.07, 6.45) is 1.09. The van der Waals surface area contributed by atoms with Crippen LogP contribution in [0.25, 0.3) is 0 Å². The number of ether oxygens (including phenoxy) is 1. The third-order valence-electron chi connectivity index (χ3n) is 2.49. The van der Waals surface area contributed by atoms with Crippen LogP contribution in [0.2, 0.25) is 0 Å². The van der Waals surface area contributed by atoms with Crippen molar-refractivity contribution in [2.75, 3.05) is 12.9 Å². The highest BCUT2D eigenvalue weighted by molar-refractivity contribution is 7.99. The van der Waals surface area contributed by atoms with E-state index in [4.69, 9.17) is 0 Å². The predicted molar refractivity (Wildman–Crippen MR) is 73.0 cm³/mol. The van der Waals surface area contributed by atoms with Gasteiger partial charge in [-0.25, -0.2) is 4.98 Å². The van der Waals surface area contributed by atoms with Crippen molar-refractivity contribution in [2.45, 2.75) is 18.0 Å². The third-order valence-corrected chi connectivity index (χ3v) is 3.34. The molecule has 0 aliphatic carbocycles. The van der Waals surface area contributed by atoms with E-state index in [1.165, 1.54) is 24.4 Å². The van der Waals surface area contributed by atoms with E-state index in [9.17, 15) is 4.79 Å². The number of aromatic amines is 1. The molecule has 0 spiro atoms. The van der Waals surface area contributed by atoms with E-state index in [1.54, 1.807) is 0 Å². The van der Waals surface area contributed by atoms with Crippen molar-refractivity contribution < 1.29 is 9.53 Å². The fourth-order valence-corrected chi connectivity index (χ4v) is 2.27. The highest BCUT2D eigenvalue weighted by Crippen LogP contribution is 2.15. The summed E-state index contributed by atoms with van der Waals surface area (Å²) in [5, 5.41) is 7.68. The highest BCUT2D eigenvalue weighted by Gasteiger charge is 2.06. The van der Waals surface area contributed by atoms with Crippen molar-refractivity contribution >= 4 is 17.7 Å². The molecule has 0 atom stereocenters. The van der Waals surface area contributed by atoms with Gasteiger partial charge in [0.25, 0.3) is 0 Å². The summed E-state index contributed by atoms with van der Waals surface area (Å²) in [6.45, 7) is 0. The van der Waals surface area contributed by atoms with Crippen LogP contribution in [0.4, 0.5) is 0 Å². The van der Waals surface area contributed by atoms with Gasteiger partial charge in [-0.15, -0.1) is 5.10 Å². The average Bonchev–Trinajstić information content (AvgIpc) is 2.87. The lowest BCUT2D eigenvalue weighted by atomic mass is 10.1. The van der Waals surface area contributed by atoms with Gasteiger partial charge < -0.3 is 4.74 Å². The molecule has 1 aromatic heterocycles. The molecule has 2 aromatic rings. The quantitative estimate of drug-likeness (QED) is 0.646. The van der Waals surface area contributed by atoms with Gasteiger partial charge >= 0.3 is 5.97 Å². The van der Waals surface area contributed by atoms with Gasteiger partial charge in [-0.2, -0.15) is 0 Å². The third kappa shape index (κ3) is 4.40. The normalized spacial score (nSPS) is 10.4. The summed E-state index contributed by atoms with van der Waals surface area (Å²) < 4.78 is 4.57. The number of thioether (sulfide) groups is 1. The molecule has 0 radical (unpaired) electrons. The van der Waals surface area contributed by atoms with Gasteiger partial charge in [-0.1, -0.05) is 42.1 Å². The minimum Gasteiger partial charge on any atom is -0.469 e. The minimum absolute atomic E-state index is 0.215. The second-order valence-corrected chi connectivity index (χ2v) is 4.96. The molecule has 1 heterocycles. The molecule has 0 bridgehead atoms. The SMILES string of the molecule is COC(=O)CCSc1n[nH]c(Cc2ccccc2)n1. The molecule has 19 heavy (non-hydrogen) atoms. The zero-order chi connectivity index (χ0) is 13.5. The Balaban J connectivity index is 1.84. The largest absolute Gasteiger partial charge is 0.469 e. The Hall–Kier alpha value is -1.82. The molecule has 0 aliphatic heterocycles. The van der Waals surface area contributed by atoms with E-state index < -0.39 is 0 Å². The molecule has 0 aliphatic rings. The summed E-state index contributed by atoms with van der Waals surface area (Å²) in [4.78, 5) is 15.3. The molecule has 0 saturated heterocycles. The lowest BCUT2D eigenvalue weighted by Crippen LogP contribution is -2.01. The molecule has 5 nitrogen and oxygen atoms in total. The van der Waals surface area contributed by atoms with Crippen LogP contribution >= 0.6 is 11.8 Å². The number of esters is 1. The van der Waals surface area contributed by atoms with E-state index in [1.807, 2.05) is 30.3 Å². The van der Waals surface area contributed by atoms with Crippen molar-refractivity contribution in [2.24, 2.45) is 0 Å². The Kier molecular flexibility index (Phi) is 4.97. The number of benzene rings is 1. The number of H-pyrrole nitrogens is 1. The van der Waals surface area contributed by atoms with Crippen LogP contribution in [-0.4, -0.2) is 34.0 Å². The number of rotatable bonds is 6. The minimum atomic E-state index is -0.215. The molecule has 0 amide bonds. The summed E-state index contributed by atoms with van der Waals surface area (Å²) in [5.74, 6) is 1.23. The Morgan fingerprint density at radius 3 is 2.89 bits per heavy atom. The first kappa shape index (κ1) is 13.6. The Morgan fingerprint density at radius 2 is 2.16 bits per heavy atom. The van der Waals surface area contributed by atoms with E-state index in [0.29, 0.717) is 17.3 Å². The second kappa shape index (κ2) is 6.94. The average molecular weight is 277 g/mol. The molecule has 1 N–H and O–H groups in total. The first-order valence-electron chi connectivity index (χ1n) is 5.93. The van der Waals surface area contributed by atoms with E-state index in [2.05, 4.69) is 19.9 Å². The predicted octanol–water partition coefficient (Wildman–Crippen LogP) is 2.05. The Morgan fingerprint density at radius 1 is 1.37 bits per heavy atom. The van der Waals surface area contributed by atoms with Gasteiger partial charge in [0, 0.05) is 12.2 Å². The fourth-order valence-electron chi connectivity index (χ4n) is 1.54. The van der Waals surface area contributed by atoms with Crippen molar-refractivity contribution in [1.82, 2.24) is 15.2 Å². The van der Waals surface area contributed by atoms with Crippen molar-refractivity contribution in [3.63, 3.8) is 0 Å².